The van der Waals surface area contributed by atoms with E-state index < -0.39 is 6.04 Å². The number of rotatable bonds is 3. The predicted molar refractivity (Wildman–Crippen MR) is 69.9 cm³/mol. The van der Waals surface area contributed by atoms with E-state index in [0.717, 1.165) is 12.0 Å². The van der Waals surface area contributed by atoms with Gasteiger partial charge in [0, 0.05) is 12.2 Å². The van der Waals surface area contributed by atoms with Gasteiger partial charge in [0.05, 0.1) is 6.04 Å². The molecule has 0 unspecified atom stereocenters. The average Bonchev–Trinajstić information content (AvgIpc) is 2.69. The van der Waals surface area contributed by atoms with Crippen molar-refractivity contribution in [3.63, 3.8) is 0 Å². The van der Waals surface area contributed by atoms with Crippen LogP contribution in [0, 0.1) is 11.7 Å². The van der Waals surface area contributed by atoms with Crippen molar-refractivity contribution in [1.29, 1.82) is 0 Å². The van der Waals surface area contributed by atoms with Gasteiger partial charge in [0.25, 0.3) is 0 Å². The Balaban J connectivity index is 2.17. The monoisotopic (exact) mass is 250 g/mol. The maximum absolute atomic E-state index is 13.2. The molecule has 1 aliphatic heterocycles. The first kappa shape index (κ1) is 13.0. The van der Waals surface area contributed by atoms with Crippen LogP contribution in [0.25, 0.3) is 0 Å². The van der Waals surface area contributed by atoms with Gasteiger partial charge in [0.2, 0.25) is 5.91 Å². The fraction of sp³-hybridized carbons (Fsp3) is 0.500. The zero-order chi connectivity index (χ0) is 13.3. The Hall–Kier alpha value is -1.42. The molecule has 1 heterocycles. The van der Waals surface area contributed by atoms with Gasteiger partial charge in [-0.3, -0.25) is 4.79 Å². The Morgan fingerprint density at radius 1 is 1.50 bits per heavy atom. The third-order valence-corrected chi connectivity index (χ3v) is 3.25. The van der Waals surface area contributed by atoms with Crippen LogP contribution >= 0.6 is 0 Å². The number of anilines is 1. The number of fused-ring (bicyclic) bond motifs is 1. The van der Waals surface area contributed by atoms with Crippen molar-refractivity contribution in [2.75, 3.05) is 11.4 Å². The quantitative estimate of drug-likeness (QED) is 0.892. The Kier molecular flexibility index (Phi) is 3.66. The van der Waals surface area contributed by atoms with E-state index in [0.29, 0.717) is 24.6 Å². The minimum atomic E-state index is -0.501. The molecule has 3 nitrogen and oxygen atoms in total. The fourth-order valence-corrected chi connectivity index (χ4v) is 2.39. The Morgan fingerprint density at radius 3 is 2.89 bits per heavy atom. The standard InChI is InChI=1S/C14H19FN2O/c1-9(2)7-12(16)14(18)17-6-5-10-3-4-11(15)8-13(10)17/h3-4,8-9,12H,5-7,16H2,1-2H3/t12-/m1/s1. The van der Waals surface area contributed by atoms with Crippen molar-refractivity contribution in [2.45, 2.75) is 32.7 Å². The lowest BCUT2D eigenvalue weighted by atomic mass is 10.0. The summed E-state index contributed by atoms with van der Waals surface area (Å²) in [7, 11) is 0. The van der Waals surface area contributed by atoms with E-state index in [9.17, 15) is 9.18 Å². The lowest BCUT2D eigenvalue weighted by Gasteiger charge is -2.22. The van der Waals surface area contributed by atoms with Crippen molar-refractivity contribution < 1.29 is 9.18 Å². The van der Waals surface area contributed by atoms with Crippen LogP contribution in [0.4, 0.5) is 10.1 Å². The molecule has 0 radical (unpaired) electrons. The third-order valence-electron chi connectivity index (χ3n) is 3.25. The van der Waals surface area contributed by atoms with Crippen molar-refractivity contribution >= 4 is 11.6 Å². The molecule has 1 aromatic rings. The zero-order valence-electron chi connectivity index (χ0n) is 10.8. The van der Waals surface area contributed by atoms with E-state index in [1.807, 2.05) is 13.8 Å². The average molecular weight is 250 g/mol. The maximum atomic E-state index is 13.2. The lowest BCUT2D eigenvalue weighted by Crippen LogP contribution is -2.43. The van der Waals surface area contributed by atoms with Crippen LogP contribution < -0.4 is 10.6 Å². The van der Waals surface area contributed by atoms with Gasteiger partial charge in [0.1, 0.15) is 5.82 Å². The number of carbonyl (C=O) groups is 1. The molecule has 2 N–H and O–H groups in total. The second-order valence-electron chi connectivity index (χ2n) is 5.25. The fourth-order valence-electron chi connectivity index (χ4n) is 2.39. The number of nitrogens with zero attached hydrogens (tertiary/aromatic N) is 1. The third kappa shape index (κ3) is 2.53. The molecule has 2 rings (SSSR count). The number of hydrogen-bond acceptors (Lipinski definition) is 2. The minimum absolute atomic E-state index is 0.104. The van der Waals surface area contributed by atoms with Gasteiger partial charge in [-0.15, -0.1) is 0 Å². The molecule has 4 heteroatoms. The molecule has 18 heavy (non-hydrogen) atoms. The van der Waals surface area contributed by atoms with Gasteiger partial charge in [-0.1, -0.05) is 19.9 Å². The second kappa shape index (κ2) is 5.06. The maximum Gasteiger partial charge on any atom is 0.243 e. The first-order valence-electron chi connectivity index (χ1n) is 6.34. The highest BCUT2D eigenvalue weighted by Gasteiger charge is 2.28. The predicted octanol–water partition coefficient (Wildman–Crippen LogP) is 2.09. The Morgan fingerprint density at radius 2 is 2.22 bits per heavy atom. The largest absolute Gasteiger partial charge is 0.320 e. The molecule has 1 atom stereocenters. The van der Waals surface area contributed by atoms with E-state index >= 15 is 0 Å². The van der Waals surface area contributed by atoms with E-state index in [1.165, 1.54) is 12.1 Å². The molecule has 0 bridgehead atoms. The van der Waals surface area contributed by atoms with Crippen LogP contribution in [0.2, 0.25) is 0 Å². The highest BCUT2D eigenvalue weighted by molar-refractivity contribution is 5.98. The summed E-state index contributed by atoms with van der Waals surface area (Å²) in [5.74, 6) is -0.0440. The molecule has 1 amide bonds. The van der Waals surface area contributed by atoms with Crippen LogP contribution in [0.3, 0.4) is 0 Å². The molecule has 0 fully saturated rings. The molecule has 0 aliphatic carbocycles. The van der Waals surface area contributed by atoms with Crippen molar-refractivity contribution in [3.8, 4) is 0 Å². The number of nitrogens with two attached hydrogens (primary N) is 1. The first-order chi connectivity index (χ1) is 8.49. The van der Waals surface area contributed by atoms with Crippen molar-refractivity contribution in [2.24, 2.45) is 11.7 Å². The van der Waals surface area contributed by atoms with Gasteiger partial charge < -0.3 is 10.6 Å². The number of amides is 1. The Labute approximate surface area is 107 Å². The summed E-state index contributed by atoms with van der Waals surface area (Å²) >= 11 is 0. The molecule has 0 aromatic heterocycles. The van der Waals surface area contributed by atoms with E-state index in [4.69, 9.17) is 5.73 Å². The van der Waals surface area contributed by atoms with E-state index in [1.54, 1.807) is 11.0 Å². The molecule has 98 valence electrons. The van der Waals surface area contributed by atoms with Gasteiger partial charge in [0.15, 0.2) is 0 Å². The number of hydrogen-bond donors (Lipinski definition) is 1. The van der Waals surface area contributed by atoms with Gasteiger partial charge in [-0.05, 0) is 36.5 Å². The molecular weight excluding hydrogens is 231 g/mol. The van der Waals surface area contributed by atoms with Crippen LogP contribution in [-0.2, 0) is 11.2 Å². The number of carbonyl (C=O) groups excluding carboxylic acids is 1. The summed E-state index contributed by atoms with van der Waals surface area (Å²) in [5.41, 5.74) is 7.60. The normalized spacial score (nSPS) is 15.9. The van der Waals surface area contributed by atoms with E-state index in [-0.39, 0.29) is 11.7 Å². The van der Waals surface area contributed by atoms with Gasteiger partial charge in [-0.2, -0.15) is 0 Å². The van der Waals surface area contributed by atoms with Crippen molar-refractivity contribution in [3.05, 3.63) is 29.6 Å². The van der Waals surface area contributed by atoms with Crippen LogP contribution in [0.5, 0.6) is 0 Å². The van der Waals surface area contributed by atoms with Gasteiger partial charge >= 0.3 is 0 Å². The molecule has 1 aromatic carbocycles. The molecule has 1 aliphatic rings. The lowest BCUT2D eigenvalue weighted by molar-refractivity contribution is -0.120. The van der Waals surface area contributed by atoms with E-state index in [2.05, 4.69) is 0 Å². The summed E-state index contributed by atoms with van der Waals surface area (Å²) in [6.07, 6.45) is 1.43. The summed E-state index contributed by atoms with van der Waals surface area (Å²) < 4.78 is 13.2. The van der Waals surface area contributed by atoms with Crippen LogP contribution in [-0.4, -0.2) is 18.5 Å². The molecule has 0 saturated heterocycles. The second-order valence-corrected chi connectivity index (χ2v) is 5.25. The number of benzene rings is 1. The minimum Gasteiger partial charge on any atom is -0.320 e. The SMILES string of the molecule is CC(C)C[C@@H](N)C(=O)N1CCc2ccc(F)cc21. The summed E-state index contributed by atoms with van der Waals surface area (Å²) in [6.45, 7) is 4.67. The van der Waals surface area contributed by atoms with Crippen molar-refractivity contribution in [1.82, 2.24) is 0 Å². The van der Waals surface area contributed by atoms with Crippen LogP contribution in [0.15, 0.2) is 18.2 Å². The Bertz CT molecular complexity index is 459. The zero-order valence-corrected chi connectivity index (χ0v) is 10.8. The first-order valence-corrected chi connectivity index (χ1v) is 6.34. The smallest absolute Gasteiger partial charge is 0.243 e. The summed E-state index contributed by atoms with van der Waals surface area (Å²) in [6, 6.07) is 4.09. The van der Waals surface area contributed by atoms with Crippen LogP contribution in [0.1, 0.15) is 25.8 Å². The number of halogens is 1. The highest BCUT2D eigenvalue weighted by atomic mass is 19.1. The molecule has 0 saturated carbocycles. The topological polar surface area (TPSA) is 46.3 Å². The van der Waals surface area contributed by atoms with Gasteiger partial charge in [-0.25, -0.2) is 4.39 Å². The molecule has 0 spiro atoms. The summed E-state index contributed by atoms with van der Waals surface area (Å²) in [4.78, 5) is 13.8. The molecular formula is C14H19FN2O. The summed E-state index contributed by atoms with van der Waals surface area (Å²) in [5, 5.41) is 0. The highest BCUT2D eigenvalue weighted by Crippen LogP contribution is 2.29.